The van der Waals surface area contributed by atoms with Crippen LogP contribution in [0, 0.1) is 10.1 Å². The maximum atomic E-state index is 11.4. The number of pyridine rings is 1. The summed E-state index contributed by atoms with van der Waals surface area (Å²) in [6.45, 7) is 3.25. The van der Waals surface area contributed by atoms with Gasteiger partial charge in [-0.3, -0.25) is 0 Å². The number of nitrogens with zero attached hydrogens (tertiary/aromatic N) is 4. The van der Waals surface area contributed by atoms with Crippen LogP contribution in [0.4, 0.5) is 11.6 Å². The number of nitro groups is 1. The predicted molar refractivity (Wildman–Crippen MR) is 82.9 cm³/mol. The fraction of sp³-hybridized carbons (Fsp3) is 0.214. The summed E-state index contributed by atoms with van der Waals surface area (Å²) in [6.07, 6.45) is 1.67. The Morgan fingerprint density at radius 2 is 2.24 bits per heavy atom. The van der Waals surface area contributed by atoms with E-state index in [4.69, 9.17) is 0 Å². The highest BCUT2D eigenvalue weighted by molar-refractivity contribution is 7.09. The van der Waals surface area contributed by atoms with Crippen molar-refractivity contribution in [2.75, 3.05) is 11.4 Å². The summed E-state index contributed by atoms with van der Waals surface area (Å²) in [4.78, 5) is 18.6. The summed E-state index contributed by atoms with van der Waals surface area (Å²) in [7, 11) is 0. The first kappa shape index (κ1) is 13.6. The maximum absolute atomic E-state index is 11.4. The lowest BCUT2D eigenvalue weighted by molar-refractivity contribution is -0.389. The first-order valence-corrected chi connectivity index (χ1v) is 7.47. The monoisotopic (exact) mass is 302 g/mol. The summed E-state index contributed by atoms with van der Waals surface area (Å²) in [5.74, 6) is 0.436. The molecule has 0 aliphatic heterocycles. The third-order valence-corrected chi connectivity index (χ3v) is 4.13. The van der Waals surface area contributed by atoms with Crippen LogP contribution in [0.25, 0.3) is 5.65 Å². The van der Waals surface area contributed by atoms with E-state index in [-0.39, 0.29) is 10.7 Å². The molecule has 0 unspecified atom stereocenters. The Morgan fingerprint density at radius 3 is 2.90 bits per heavy atom. The maximum Gasteiger partial charge on any atom is 0.372 e. The number of hydrogen-bond donors (Lipinski definition) is 0. The van der Waals surface area contributed by atoms with Gasteiger partial charge in [-0.25, -0.2) is 0 Å². The lowest BCUT2D eigenvalue weighted by Gasteiger charge is -2.18. The van der Waals surface area contributed by atoms with Crippen LogP contribution >= 0.6 is 11.3 Å². The second-order valence-corrected chi connectivity index (χ2v) is 5.57. The van der Waals surface area contributed by atoms with Gasteiger partial charge in [-0.05, 0) is 29.4 Å². The number of thiophene rings is 1. The summed E-state index contributed by atoms with van der Waals surface area (Å²) < 4.78 is 1.52. The van der Waals surface area contributed by atoms with Crippen molar-refractivity contribution in [2.24, 2.45) is 0 Å². The van der Waals surface area contributed by atoms with Crippen LogP contribution in [0.15, 0.2) is 41.9 Å². The van der Waals surface area contributed by atoms with Crippen molar-refractivity contribution < 1.29 is 4.92 Å². The molecular formula is C14H14N4O2S. The molecule has 0 atom stereocenters. The smallest absolute Gasteiger partial charge is 0.358 e. The highest BCUT2D eigenvalue weighted by Gasteiger charge is 2.26. The fourth-order valence-corrected chi connectivity index (χ4v) is 3.00. The van der Waals surface area contributed by atoms with Crippen molar-refractivity contribution in [1.82, 2.24) is 9.38 Å². The van der Waals surface area contributed by atoms with E-state index in [1.54, 1.807) is 29.7 Å². The number of imidazole rings is 1. The molecule has 3 rings (SSSR count). The first-order valence-electron chi connectivity index (χ1n) is 6.59. The largest absolute Gasteiger partial charge is 0.372 e. The molecule has 0 aliphatic rings. The lowest BCUT2D eigenvalue weighted by atomic mass is 10.4. The van der Waals surface area contributed by atoms with Crippen LogP contribution in [0.3, 0.4) is 0 Å². The van der Waals surface area contributed by atoms with Gasteiger partial charge in [0.2, 0.25) is 11.5 Å². The van der Waals surface area contributed by atoms with Gasteiger partial charge in [0.15, 0.2) is 0 Å². The molecule has 0 bridgehead atoms. The topological polar surface area (TPSA) is 63.7 Å². The molecule has 0 fully saturated rings. The number of fused-ring (bicyclic) bond motifs is 1. The van der Waals surface area contributed by atoms with Crippen molar-refractivity contribution in [1.29, 1.82) is 0 Å². The van der Waals surface area contributed by atoms with E-state index in [1.165, 1.54) is 4.40 Å². The van der Waals surface area contributed by atoms with Crippen molar-refractivity contribution in [3.8, 4) is 0 Å². The van der Waals surface area contributed by atoms with Crippen molar-refractivity contribution in [3.63, 3.8) is 0 Å². The minimum Gasteiger partial charge on any atom is -0.358 e. The van der Waals surface area contributed by atoms with Gasteiger partial charge in [0.1, 0.15) is 0 Å². The van der Waals surface area contributed by atoms with Gasteiger partial charge in [-0.15, -0.1) is 11.3 Å². The molecule has 0 saturated heterocycles. The molecule has 3 aromatic heterocycles. The van der Waals surface area contributed by atoms with Gasteiger partial charge in [0.05, 0.1) is 12.7 Å². The quantitative estimate of drug-likeness (QED) is 0.535. The summed E-state index contributed by atoms with van der Waals surface area (Å²) in [6, 6.07) is 9.36. The van der Waals surface area contributed by atoms with Crippen LogP contribution in [-0.4, -0.2) is 20.9 Å². The molecule has 7 heteroatoms. The first-order chi connectivity index (χ1) is 10.2. The van der Waals surface area contributed by atoms with E-state index in [1.807, 2.05) is 35.4 Å². The van der Waals surface area contributed by atoms with E-state index < -0.39 is 0 Å². The van der Waals surface area contributed by atoms with E-state index in [9.17, 15) is 10.1 Å². The molecule has 0 aromatic carbocycles. The molecular weight excluding hydrogens is 288 g/mol. The zero-order chi connectivity index (χ0) is 14.8. The molecule has 0 amide bonds. The Kier molecular flexibility index (Phi) is 3.57. The Morgan fingerprint density at radius 1 is 1.38 bits per heavy atom. The van der Waals surface area contributed by atoms with Crippen LogP contribution in [-0.2, 0) is 6.54 Å². The predicted octanol–water partition coefficient (Wildman–Crippen LogP) is 3.33. The standard InChI is InChI=1S/C14H14N4O2S/c1-2-16(10-11-6-5-9-21-11)13-14(18(19)20)17-8-4-3-7-12(17)15-13/h3-9H,2,10H2,1H3. The molecule has 108 valence electrons. The average Bonchev–Trinajstić information content (AvgIpc) is 3.11. The minimum atomic E-state index is -0.369. The zero-order valence-corrected chi connectivity index (χ0v) is 12.3. The van der Waals surface area contributed by atoms with Crippen molar-refractivity contribution in [3.05, 3.63) is 56.9 Å². The average molecular weight is 302 g/mol. The Hall–Kier alpha value is -2.41. The SMILES string of the molecule is CCN(Cc1cccs1)c1nc2ccccn2c1[N+](=O)[O-]. The van der Waals surface area contributed by atoms with Crippen molar-refractivity contribution in [2.45, 2.75) is 13.5 Å². The highest BCUT2D eigenvalue weighted by Crippen LogP contribution is 2.30. The van der Waals surface area contributed by atoms with Gasteiger partial charge in [-0.2, -0.15) is 9.38 Å². The summed E-state index contributed by atoms with van der Waals surface area (Å²) in [5.41, 5.74) is 0.587. The zero-order valence-electron chi connectivity index (χ0n) is 11.5. The molecule has 0 N–H and O–H groups in total. The number of rotatable bonds is 5. The van der Waals surface area contributed by atoms with Crippen LogP contribution in [0.1, 0.15) is 11.8 Å². The van der Waals surface area contributed by atoms with Gasteiger partial charge >= 0.3 is 5.82 Å². The Bertz CT molecular complexity index is 766. The molecule has 3 heterocycles. The second-order valence-electron chi connectivity index (χ2n) is 4.54. The number of hydrogen-bond acceptors (Lipinski definition) is 5. The second kappa shape index (κ2) is 5.53. The van der Waals surface area contributed by atoms with E-state index in [0.717, 1.165) is 4.88 Å². The van der Waals surface area contributed by atoms with E-state index >= 15 is 0 Å². The van der Waals surface area contributed by atoms with Gasteiger partial charge in [-0.1, -0.05) is 12.1 Å². The minimum absolute atomic E-state index is 0.0176. The Labute approximate surface area is 125 Å². The van der Waals surface area contributed by atoms with E-state index in [0.29, 0.717) is 24.6 Å². The summed E-state index contributed by atoms with van der Waals surface area (Å²) >= 11 is 1.64. The molecule has 3 aromatic rings. The van der Waals surface area contributed by atoms with Gasteiger partial charge < -0.3 is 15.0 Å². The third kappa shape index (κ3) is 2.47. The number of anilines is 1. The van der Waals surface area contributed by atoms with Gasteiger partial charge in [0.25, 0.3) is 0 Å². The fourth-order valence-electron chi connectivity index (χ4n) is 2.28. The summed E-state index contributed by atoms with van der Waals surface area (Å²) in [5, 5.41) is 13.4. The normalized spacial score (nSPS) is 10.9. The van der Waals surface area contributed by atoms with Crippen LogP contribution in [0.2, 0.25) is 0 Å². The van der Waals surface area contributed by atoms with Crippen molar-refractivity contribution >= 4 is 28.6 Å². The molecule has 6 nitrogen and oxygen atoms in total. The molecule has 0 aliphatic carbocycles. The molecule has 0 radical (unpaired) electrons. The molecule has 0 spiro atoms. The Balaban J connectivity index is 2.08. The lowest BCUT2D eigenvalue weighted by Crippen LogP contribution is -2.22. The molecule has 21 heavy (non-hydrogen) atoms. The van der Waals surface area contributed by atoms with Crippen LogP contribution < -0.4 is 4.90 Å². The third-order valence-electron chi connectivity index (χ3n) is 3.27. The molecule has 0 saturated carbocycles. The highest BCUT2D eigenvalue weighted by atomic mass is 32.1. The number of aromatic nitrogens is 2. The van der Waals surface area contributed by atoms with Gasteiger partial charge in [0, 0.05) is 17.5 Å². The van der Waals surface area contributed by atoms with Crippen LogP contribution in [0.5, 0.6) is 0 Å². The van der Waals surface area contributed by atoms with E-state index in [2.05, 4.69) is 4.98 Å².